The highest BCUT2D eigenvalue weighted by molar-refractivity contribution is 14.1. The Morgan fingerprint density at radius 3 is 2.17 bits per heavy atom. The summed E-state index contributed by atoms with van der Waals surface area (Å²) in [6.45, 7) is 0. The number of pyridine rings is 1. The highest BCUT2D eigenvalue weighted by Crippen LogP contribution is 2.41. The van der Waals surface area contributed by atoms with Crippen molar-refractivity contribution in [2.75, 3.05) is 0 Å². The summed E-state index contributed by atoms with van der Waals surface area (Å²) in [5.41, 5.74) is -2.27. The third kappa shape index (κ3) is 3.46. The molecule has 1 rings (SSSR count). The van der Waals surface area contributed by atoms with Gasteiger partial charge in [-0.15, -0.1) is 13.2 Å². The molecule has 0 saturated heterocycles. The SMILES string of the molecule is O=Cc1ncc(C(F)(F)F)c(OC(F)(F)F)c1I. The van der Waals surface area contributed by atoms with Crippen LogP contribution in [0.15, 0.2) is 6.20 Å². The average Bonchev–Trinajstić information content (AvgIpc) is 2.17. The first-order chi connectivity index (χ1) is 8.06. The third-order valence-corrected chi connectivity index (χ3v) is 2.68. The maximum atomic E-state index is 12.5. The van der Waals surface area contributed by atoms with E-state index in [1.165, 1.54) is 0 Å². The van der Waals surface area contributed by atoms with Crippen LogP contribution in [-0.2, 0) is 6.18 Å². The van der Waals surface area contributed by atoms with Crippen LogP contribution in [0.1, 0.15) is 16.1 Å². The van der Waals surface area contributed by atoms with Gasteiger partial charge in [-0.3, -0.25) is 9.78 Å². The molecule has 0 aliphatic rings. The molecule has 0 aromatic carbocycles. The van der Waals surface area contributed by atoms with Crippen LogP contribution in [0.3, 0.4) is 0 Å². The van der Waals surface area contributed by atoms with Crippen LogP contribution >= 0.6 is 22.6 Å². The Morgan fingerprint density at radius 2 is 1.78 bits per heavy atom. The minimum atomic E-state index is -5.30. The molecule has 0 bridgehead atoms. The molecule has 3 nitrogen and oxygen atoms in total. The molecule has 0 radical (unpaired) electrons. The van der Waals surface area contributed by atoms with Crippen molar-refractivity contribution < 1.29 is 35.9 Å². The number of nitrogens with zero attached hydrogens (tertiary/aromatic N) is 1. The second-order valence-electron chi connectivity index (χ2n) is 2.86. The second-order valence-corrected chi connectivity index (χ2v) is 3.94. The van der Waals surface area contributed by atoms with Crippen molar-refractivity contribution in [2.24, 2.45) is 0 Å². The Kier molecular flexibility index (Phi) is 4.08. The zero-order valence-electron chi connectivity index (χ0n) is 8.06. The van der Waals surface area contributed by atoms with E-state index in [2.05, 4.69) is 9.72 Å². The van der Waals surface area contributed by atoms with Crippen molar-refractivity contribution in [1.82, 2.24) is 4.98 Å². The van der Waals surface area contributed by atoms with E-state index in [0.29, 0.717) is 0 Å². The highest BCUT2D eigenvalue weighted by Gasteiger charge is 2.41. The summed E-state index contributed by atoms with van der Waals surface area (Å²) in [5.74, 6) is -1.48. The number of aldehydes is 1. The van der Waals surface area contributed by atoms with E-state index in [9.17, 15) is 31.1 Å². The van der Waals surface area contributed by atoms with Gasteiger partial charge in [-0.25, -0.2) is 0 Å². The summed E-state index contributed by atoms with van der Waals surface area (Å²) < 4.78 is 76.1. The lowest BCUT2D eigenvalue weighted by Gasteiger charge is -2.16. The van der Waals surface area contributed by atoms with E-state index in [4.69, 9.17) is 0 Å². The van der Waals surface area contributed by atoms with Gasteiger partial charge >= 0.3 is 12.5 Å². The van der Waals surface area contributed by atoms with Gasteiger partial charge < -0.3 is 4.74 Å². The summed E-state index contributed by atoms with van der Waals surface area (Å²) in [6.07, 6.45) is -10.2. The van der Waals surface area contributed by atoms with Crippen molar-refractivity contribution in [2.45, 2.75) is 12.5 Å². The standard InChI is InChI=1S/C8H2F6INO2/c9-7(10,11)3-1-16-4(2-17)5(15)6(3)18-8(12,13)14/h1-2H. The van der Waals surface area contributed by atoms with E-state index >= 15 is 0 Å². The normalized spacial score (nSPS) is 12.4. The van der Waals surface area contributed by atoms with Gasteiger partial charge in [0.1, 0.15) is 11.3 Å². The van der Waals surface area contributed by atoms with Gasteiger partial charge in [0.25, 0.3) is 0 Å². The van der Waals surface area contributed by atoms with Gasteiger partial charge in [-0.2, -0.15) is 13.2 Å². The number of hydrogen-bond donors (Lipinski definition) is 0. The van der Waals surface area contributed by atoms with Crippen molar-refractivity contribution in [1.29, 1.82) is 0 Å². The zero-order valence-corrected chi connectivity index (χ0v) is 10.2. The maximum Gasteiger partial charge on any atom is 0.573 e. The number of ether oxygens (including phenoxy) is 1. The molecule has 1 aromatic rings. The minimum absolute atomic E-state index is 0.0329. The molecular weight excluding hydrogens is 383 g/mol. The molecule has 100 valence electrons. The van der Waals surface area contributed by atoms with E-state index in [0.717, 1.165) is 22.6 Å². The summed E-state index contributed by atoms with van der Waals surface area (Å²) in [5, 5.41) is 0. The Morgan fingerprint density at radius 1 is 1.22 bits per heavy atom. The molecule has 18 heavy (non-hydrogen) atoms. The summed E-state index contributed by atoms with van der Waals surface area (Å²) >= 11 is 1.13. The van der Waals surface area contributed by atoms with Crippen LogP contribution in [0.4, 0.5) is 26.3 Å². The highest BCUT2D eigenvalue weighted by atomic mass is 127. The van der Waals surface area contributed by atoms with Crippen molar-refractivity contribution in [3.05, 3.63) is 21.0 Å². The summed E-state index contributed by atoms with van der Waals surface area (Å²) in [4.78, 5) is 13.5. The Labute approximate surface area is 109 Å². The monoisotopic (exact) mass is 385 g/mol. The lowest BCUT2D eigenvalue weighted by Crippen LogP contribution is -2.22. The minimum Gasteiger partial charge on any atom is -0.404 e. The first-order valence-electron chi connectivity index (χ1n) is 4.03. The fourth-order valence-electron chi connectivity index (χ4n) is 0.984. The van der Waals surface area contributed by atoms with Gasteiger partial charge in [0, 0.05) is 6.20 Å². The van der Waals surface area contributed by atoms with Crippen LogP contribution in [0.2, 0.25) is 0 Å². The number of aromatic nitrogens is 1. The Bertz CT molecular complexity index is 470. The lowest BCUT2D eigenvalue weighted by molar-refractivity contribution is -0.276. The fourth-order valence-corrected chi connectivity index (χ4v) is 1.65. The molecular formula is C8H2F6INO2. The number of carbonyl (C=O) groups is 1. The van der Waals surface area contributed by atoms with Crippen LogP contribution in [0.25, 0.3) is 0 Å². The first kappa shape index (κ1) is 15.0. The smallest absolute Gasteiger partial charge is 0.404 e. The van der Waals surface area contributed by atoms with Crippen molar-refractivity contribution in [3.63, 3.8) is 0 Å². The third-order valence-electron chi connectivity index (χ3n) is 1.64. The quantitative estimate of drug-likeness (QED) is 0.445. The molecule has 10 heteroatoms. The van der Waals surface area contributed by atoms with Gasteiger partial charge in [-0.05, 0) is 22.6 Å². The number of carbonyl (C=O) groups excluding carboxylic acids is 1. The molecule has 1 aromatic heterocycles. The number of alkyl halides is 6. The topological polar surface area (TPSA) is 39.2 Å². The van der Waals surface area contributed by atoms with E-state index in [-0.39, 0.29) is 12.5 Å². The second kappa shape index (κ2) is 4.90. The Balaban J connectivity index is 3.45. The number of hydrogen-bond acceptors (Lipinski definition) is 3. The molecule has 0 fully saturated rings. The van der Waals surface area contributed by atoms with Gasteiger partial charge in [0.05, 0.1) is 3.57 Å². The van der Waals surface area contributed by atoms with Crippen molar-refractivity contribution >= 4 is 28.9 Å². The van der Waals surface area contributed by atoms with Crippen LogP contribution < -0.4 is 4.74 Å². The molecule has 0 saturated carbocycles. The van der Waals surface area contributed by atoms with E-state index in [1.807, 2.05) is 0 Å². The number of rotatable bonds is 2. The van der Waals surface area contributed by atoms with Gasteiger partial charge in [0.2, 0.25) is 0 Å². The summed E-state index contributed by atoms with van der Waals surface area (Å²) in [7, 11) is 0. The molecule has 0 atom stereocenters. The van der Waals surface area contributed by atoms with E-state index < -0.39 is 33.1 Å². The number of halogens is 7. The predicted octanol–water partition coefficient (Wildman–Crippen LogP) is 3.42. The fraction of sp³-hybridized carbons (Fsp3) is 0.250. The van der Waals surface area contributed by atoms with Crippen LogP contribution in [-0.4, -0.2) is 17.6 Å². The average molecular weight is 385 g/mol. The van der Waals surface area contributed by atoms with Gasteiger partial charge in [-0.1, -0.05) is 0 Å². The Hall–Kier alpha value is -1.07. The van der Waals surface area contributed by atoms with E-state index in [1.54, 1.807) is 0 Å². The lowest BCUT2D eigenvalue weighted by atomic mass is 10.2. The molecule has 1 heterocycles. The zero-order chi connectivity index (χ0) is 14.1. The molecule has 0 aliphatic carbocycles. The summed E-state index contributed by atoms with van der Waals surface area (Å²) in [6, 6.07) is 0. The van der Waals surface area contributed by atoms with Crippen LogP contribution in [0, 0.1) is 3.57 Å². The molecule has 0 aliphatic heterocycles. The predicted molar refractivity (Wildman–Crippen MR) is 54.0 cm³/mol. The largest absolute Gasteiger partial charge is 0.573 e. The molecule has 0 unspecified atom stereocenters. The molecule has 0 spiro atoms. The van der Waals surface area contributed by atoms with Crippen molar-refractivity contribution in [3.8, 4) is 5.75 Å². The molecule has 0 amide bonds. The van der Waals surface area contributed by atoms with Gasteiger partial charge in [0.15, 0.2) is 12.0 Å². The maximum absolute atomic E-state index is 12.5. The van der Waals surface area contributed by atoms with Crippen LogP contribution in [0.5, 0.6) is 5.75 Å². The molecule has 0 N–H and O–H groups in total. The first-order valence-corrected chi connectivity index (χ1v) is 5.10.